The van der Waals surface area contributed by atoms with Crippen LogP contribution in [0.2, 0.25) is 0 Å². The van der Waals surface area contributed by atoms with Gasteiger partial charge in [0.15, 0.2) is 0 Å². The Hall–Kier alpha value is -1.89. The molecule has 0 spiro atoms. The van der Waals surface area contributed by atoms with E-state index >= 15 is 0 Å². The number of nitrogens with zero attached hydrogens (tertiary/aromatic N) is 4. The van der Waals surface area contributed by atoms with Crippen LogP contribution in [-0.2, 0) is 4.74 Å². The van der Waals surface area contributed by atoms with E-state index in [0.717, 1.165) is 32.5 Å². The van der Waals surface area contributed by atoms with Crippen molar-refractivity contribution in [1.29, 1.82) is 0 Å². The van der Waals surface area contributed by atoms with Crippen molar-refractivity contribution in [1.82, 2.24) is 15.0 Å². The summed E-state index contributed by atoms with van der Waals surface area (Å²) in [5.74, 6) is 1.20. The molecule has 1 aromatic rings. The third-order valence-electron chi connectivity index (χ3n) is 2.98. The molecule has 7 nitrogen and oxygen atoms in total. The van der Waals surface area contributed by atoms with Crippen LogP contribution in [0.1, 0.15) is 19.8 Å². The second-order valence-electron chi connectivity index (χ2n) is 4.69. The molecule has 1 aliphatic rings. The van der Waals surface area contributed by atoms with Crippen molar-refractivity contribution >= 4 is 11.9 Å². The van der Waals surface area contributed by atoms with Gasteiger partial charge in [-0.25, -0.2) is 0 Å². The molecule has 0 unspecified atom stereocenters. The first-order valence-corrected chi connectivity index (χ1v) is 7.40. The summed E-state index contributed by atoms with van der Waals surface area (Å²) in [4.78, 5) is 15.2. The monoisotopic (exact) mass is 293 g/mol. The Labute approximate surface area is 125 Å². The Kier molecular flexibility index (Phi) is 6.21. The molecule has 1 fully saturated rings. The zero-order chi connectivity index (χ0) is 14.9. The second kappa shape index (κ2) is 8.41. The predicted octanol–water partition coefficient (Wildman–Crippen LogP) is 1.48. The normalized spacial score (nSPS) is 14.8. The highest BCUT2D eigenvalue weighted by Gasteiger charge is 2.16. The summed E-state index contributed by atoms with van der Waals surface area (Å²) in [6.07, 6.45) is 3.57. The summed E-state index contributed by atoms with van der Waals surface area (Å²) in [6.45, 7) is 10.0. The lowest BCUT2D eigenvalue weighted by Gasteiger charge is -2.27. The van der Waals surface area contributed by atoms with Crippen molar-refractivity contribution < 1.29 is 9.47 Å². The number of rotatable bonds is 8. The molecule has 116 valence electrons. The molecule has 21 heavy (non-hydrogen) atoms. The molecule has 0 aromatic carbocycles. The predicted molar refractivity (Wildman–Crippen MR) is 81.9 cm³/mol. The average molecular weight is 293 g/mol. The summed E-state index contributed by atoms with van der Waals surface area (Å²) in [5, 5.41) is 3.18. The number of anilines is 2. The first kappa shape index (κ1) is 15.5. The summed E-state index contributed by atoms with van der Waals surface area (Å²) in [5.41, 5.74) is 0. The molecule has 2 rings (SSSR count). The van der Waals surface area contributed by atoms with Crippen LogP contribution in [0, 0.1) is 0 Å². The number of aromatic nitrogens is 3. The Balaban J connectivity index is 2.12. The largest absolute Gasteiger partial charge is 0.463 e. The van der Waals surface area contributed by atoms with E-state index < -0.39 is 0 Å². The maximum absolute atomic E-state index is 5.57. The third kappa shape index (κ3) is 4.86. The van der Waals surface area contributed by atoms with Crippen molar-refractivity contribution in [2.45, 2.75) is 19.8 Å². The van der Waals surface area contributed by atoms with E-state index in [2.05, 4.69) is 38.7 Å². The Morgan fingerprint density at radius 3 is 2.86 bits per heavy atom. The third-order valence-corrected chi connectivity index (χ3v) is 2.98. The van der Waals surface area contributed by atoms with Gasteiger partial charge in [-0.3, -0.25) is 0 Å². The fraction of sp³-hybridized carbons (Fsp3) is 0.643. The smallest absolute Gasteiger partial charge is 0.323 e. The molecule has 2 heterocycles. The minimum absolute atomic E-state index is 0.354. The maximum atomic E-state index is 5.57. The molecular weight excluding hydrogens is 270 g/mol. The van der Waals surface area contributed by atoms with Crippen LogP contribution in [0.25, 0.3) is 0 Å². The maximum Gasteiger partial charge on any atom is 0.323 e. The van der Waals surface area contributed by atoms with Crippen molar-refractivity contribution in [2.75, 3.05) is 49.7 Å². The van der Waals surface area contributed by atoms with E-state index in [1.165, 1.54) is 0 Å². The molecule has 1 aliphatic heterocycles. The topological polar surface area (TPSA) is 72.4 Å². The minimum Gasteiger partial charge on any atom is -0.463 e. The molecule has 1 saturated heterocycles. The fourth-order valence-electron chi connectivity index (χ4n) is 1.86. The molecule has 1 N–H and O–H groups in total. The standard InChI is InChI=1S/C14H23N5O2/c1-3-5-9-21-14-17-12(15-6-4-2)16-13(18-14)19-7-10-20-11-8-19/h3H,1,4-11H2,2H3,(H,15,16,17,18). The highest BCUT2D eigenvalue weighted by molar-refractivity contribution is 5.38. The van der Waals surface area contributed by atoms with E-state index in [9.17, 15) is 0 Å². The van der Waals surface area contributed by atoms with Crippen molar-refractivity contribution in [2.24, 2.45) is 0 Å². The van der Waals surface area contributed by atoms with Crippen LogP contribution < -0.4 is 15.0 Å². The Morgan fingerprint density at radius 2 is 2.14 bits per heavy atom. The van der Waals surface area contributed by atoms with Gasteiger partial charge in [0.25, 0.3) is 0 Å². The molecule has 0 atom stereocenters. The summed E-state index contributed by atoms with van der Waals surface area (Å²) < 4.78 is 10.9. The molecule has 0 radical (unpaired) electrons. The molecule has 0 saturated carbocycles. The van der Waals surface area contributed by atoms with Crippen LogP contribution in [0.4, 0.5) is 11.9 Å². The van der Waals surface area contributed by atoms with Crippen molar-refractivity contribution in [3.8, 4) is 6.01 Å². The summed E-state index contributed by atoms with van der Waals surface area (Å²) >= 11 is 0. The average Bonchev–Trinajstić information content (AvgIpc) is 2.54. The first-order valence-electron chi connectivity index (χ1n) is 7.40. The molecule has 7 heteroatoms. The van der Waals surface area contributed by atoms with Gasteiger partial charge in [-0.05, 0) is 12.8 Å². The van der Waals surface area contributed by atoms with Crippen LogP contribution in [0.3, 0.4) is 0 Å². The zero-order valence-corrected chi connectivity index (χ0v) is 12.5. The van der Waals surface area contributed by atoms with Gasteiger partial charge in [-0.1, -0.05) is 13.0 Å². The van der Waals surface area contributed by atoms with Crippen LogP contribution >= 0.6 is 0 Å². The highest BCUT2D eigenvalue weighted by Crippen LogP contribution is 2.16. The van der Waals surface area contributed by atoms with Gasteiger partial charge in [-0.2, -0.15) is 15.0 Å². The van der Waals surface area contributed by atoms with Gasteiger partial charge in [0.2, 0.25) is 11.9 Å². The molecule has 0 amide bonds. The van der Waals surface area contributed by atoms with Gasteiger partial charge in [0.1, 0.15) is 0 Å². The lowest BCUT2D eigenvalue weighted by molar-refractivity contribution is 0.122. The van der Waals surface area contributed by atoms with Gasteiger partial charge in [0, 0.05) is 19.6 Å². The summed E-state index contributed by atoms with van der Waals surface area (Å²) in [6, 6.07) is 0.354. The van der Waals surface area contributed by atoms with Crippen LogP contribution in [-0.4, -0.2) is 54.4 Å². The van der Waals surface area contributed by atoms with Gasteiger partial charge in [-0.15, -0.1) is 6.58 Å². The van der Waals surface area contributed by atoms with Gasteiger partial charge < -0.3 is 19.7 Å². The quantitative estimate of drug-likeness (QED) is 0.575. The lowest BCUT2D eigenvalue weighted by atomic mass is 10.4. The molecule has 0 bridgehead atoms. The van der Waals surface area contributed by atoms with Gasteiger partial charge >= 0.3 is 6.01 Å². The second-order valence-corrected chi connectivity index (χ2v) is 4.69. The first-order chi connectivity index (χ1) is 10.3. The van der Waals surface area contributed by atoms with E-state index in [1.54, 1.807) is 6.08 Å². The van der Waals surface area contributed by atoms with Crippen LogP contribution in [0.5, 0.6) is 6.01 Å². The zero-order valence-electron chi connectivity index (χ0n) is 12.5. The molecule has 0 aliphatic carbocycles. The van der Waals surface area contributed by atoms with E-state index in [4.69, 9.17) is 9.47 Å². The van der Waals surface area contributed by atoms with Crippen molar-refractivity contribution in [3.63, 3.8) is 0 Å². The number of ether oxygens (including phenoxy) is 2. The Bertz CT molecular complexity index is 449. The van der Waals surface area contributed by atoms with Crippen LogP contribution in [0.15, 0.2) is 12.7 Å². The fourth-order valence-corrected chi connectivity index (χ4v) is 1.86. The Morgan fingerprint density at radius 1 is 1.33 bits per heavy atom. The summed E-state index contributed by atoms with van der Waals surface area (Å²) in [7, 11) is 0. The lowest BCUT2D eigenvalue weighted by Crippen LogP contribution is -2.37. The van der Waals surface area contributed by atoms with E-state index in [-0.39, 0.29) is 0 Å². The number of nitrogens with one attached hydrogen (secondary N) is 1. The van der Waals surface area contributed by atoms with E-state index in [0.29, 0.717) is 37.7 Å². The number of hydrogen-bond acceptors (Lipinski definition) is 7. The highest BCUT2D eigenvalue weighted by atomic mass is 16.5. The SMILES string of the molecule is C=CCCOc1nc(NCCC)nc(N2CCOCC2)n1. The number of hydrogen-bond donors (Lipinski definition) is 1. The van der Waals surface area contributed by atoms with E-state index in [1.807, 2.05) is 0 Å². The van der Waals surface area contributed by atoms with Gasteiger partial charge in [0.05, 0.1) is 19.8 Å². The van der Waals surface area contributed by atoms with Crippen molar-refractivity contribution in [3.05, 3.63) is 12.7 Å². The number of morpholine rings is 1. The molecular formula is C14H23N5O2. The minimum atomic E-state index is 0.354. The molecule has 1 aromatic heterocycles.